The van der Waals surface area contributed by atoms with Gasteiger partial charge in [0.25, 0.3) is 0 Å². The van der Waals surface area contributed by atoms with Gasteiger partial charge in [-0.25, -0.2) is 12.1 Å². The van der Waals surface area contributed by atoms with Gasteiger partial charge in [0.1, 0.15) is 0 Å². The van der Waals surface area contributed by atoms with Crippen molar-refractivity contribution < 1.29 is 16.8 Å². The third-order valence-corrected chi connectivity index (χ3v) is 0.556. The van der Waals surface area contributed by atoms with Crippen LogP contribution in [0.25, 0.3) is 0 Å². The molecule has 0 aliphatic rings. The molecule has 0 spiro atoms. The fourth-order valence-corrected chi connectivity index (χ4v) is 0.321. The quantitative estimate of drug-likeness (QED) is 0.503. The predicted octanol–water partition coefficient (Wildman–Crippen LogP) is 2.30. The van der Waals surface area contributed by atoms with Gasteiger partial charge in [-0.2, -0.15) is 18.2 Å². The molecule has 0 unspecified atom stereocenters. The van der Waals surface area contributed by atoms with Crippen LogP contribution < -0.4 is 0 Å². The van der Waals surface area contributed by atoms with Crippen LogP contribution >= 0.6 is 0 Å². The van der Waals surface area contributed by atoms with Crippen LogP contribution in [0.5, 0.6) is 0 Å². The molecule has 1 aromatic carbocycles. The summed E-state index contributed by atoms with van der Waals surface area (Å²) in [4.78, 5) is 0. The monoisotopic (exact) mass is 154 g/mol. The topological polar surface area (TPSA) is 0 Å². The summed E-state index contributed by atoms with van der Waals surface area (Å²) in [5.74, 6) is 0. The molecule has 0 saturated heterocycles. The summed E-state index contributed by atoms with van der Waals surface area (Å²) in [6.45, 7) is 0. The first-order valence-corrected chi connectivity index (χ1v) is 1.67. The Bertz CT molecular complexity index is 60.9. The summed E-state index contributed by atoms with van der Waals surface area (Å²) in [6.07, 6.45) is 0. The second kappa shape index (κ2) is 9.97. The standard InChI is InChI=1S/C5H5.2CH3.Co/c1-2-4-5-3-1;;;/h1-5H;2*1H3;/q3*-1;+3. The van der Waals surface area contributed by atoms with E-state index >= 15 is 0 Å². The summed E-state index contributed by atoms with van der Waals surface area (Å²) >= 11 is 0. The Balaban J connectivity index is -0.0000000833. The van der Waals surface area contributed by atoms with Crippen molar-refractivity contribution in [2.45, 2.75) is 0 Å². The molecule has 1 aromatic rings. The first-order valence-electron chi connectivity index (χ1n) is 1.67. The molecule has 0 fully saturated rings. The van der Waals surface area contributed by atoms with Crippen molar-refractivity contribution in [3.63, 3.8) is 0 Å². The van der Waals surface area contributed by atoms with Crippen LogP contribution in [0.3, 0.4) is 0 Å². The minimum Gasteiger partial charge on any atom is -0.358 e. The Labute approximate surface area is 62.5 Å². The Morgan fingerprint density at radius 1 is 0.875 bits per heavy atom. The number of hydrogen-bond donors (Lipinski definition) is 0. The molecule has 0 atom stereocenters. The predicted molar refractivity (Wildman–Crippen MR) is 34.9 cm³/mol. The van der Waals surface area contributed by atoms with Gasteiger partial charge in [-0.05, 0) is 0 Å². The SMILES string of the molecule is [CH3-].[CH3-].[Co+3].c1cc[cH-]c1. The molecule has 0 amide bonds. The Morgan fingerprint density at radius 2 is 1.25 bits per heavy atom. The van der Waals surface area contributed by atoms with E-state index in [2.05, 4.69) is 0 Å². The molecule has 0 aliphatic carbocycles. The summed E-state index contributed by atoms with van der Waals surface area (Å²) in [7, 11) is 0. The van der Waals surface area contributed by atoms with E-state index in [-0.39, 0.29) is 31.6 Å². The van der Waals surface area contributed by atoms with Gasteiger partial charge in [0.2, 0.25) is 0 Å². The van der Waals surface area contributed by atoms with Gasteiger partial charge in [0.15, 0.2) is 0 Å². The smallest absolute Gasteiger partial charge is 0.358 e. The van der Waals surface area contributed by atoms with Crippen LogP contribution in [0.1, 0.15) is 0 Å². The molecule has 0 bridgehead atoms. The molecule has 0 nitrogen and oxygen atoms in total. The van der Waals surface area contributed by atoms with E-state index < -0.39 is 0 Å². The van der Waals surface area contributed by atoms with Crippen LogP contribution in [0.2, 0.25) is 0 Å². The van der Waals surface area contributed by atoms with Crippen LogP contribution in [-0.2, 0) is 16.8 Å². The fraction of sp³-hybridized carbons (Fsp3) is 0. The molecular weight excluding hydrogens is 143 g/mol. The first-order chi connectivity index (χ1) is 2.50. The zero-order valence-electron chi connectivity index (χ0n) is 5.22. The van der Waals surface area contributed by atoms with Crippen molar-refractivity contribution in [1.82, 2.24) is 0 Å². The van der Waals surface area contributed by atoms with Crippen LogP contribution in [-0.4, -0.2) is 0 Å². The van der Waals surface area contributed by atoms with Crippen molar-refractivity contribution in [2.24, 2.45) is 0 Å². The average Bonchev–Trinajstić information content (AvgIpc) is 1.76. The largest absolute Gasteiger partial charge is 3.00 e. The second-order valence-electron chi connectivity index (χ2n) is 0.962. The van der Waals surface area contributed by atoms with Crippen molar-refractivity contribution in [1.29, 1.82) is 0 Å². The van der Waals surface area contributed by atoms with Gasteiger partial charge in [-0.3, -0.25) is 0 Å². The Morgan fingerprint density at radius 3 is 1.38 bits per heavy atom. The zero-order valence-corrected chi connectivity index (χ0v) is 6.26. The van der Waals surface area contributed by atoms with E-state index in [0.29, 0.717) is 0 Å². The maximum atomic E-state index is 2.00. The van der Waals surface area contributed by atoms with Crippen molar-refractivity contribution in [3.05, 3.63) is 45.2 Å². The average molecular weight is 154 g/mol. The molecule has 0 N–H and O–H groups in total. The van der Waals surface area contributed by atoms with E-state index in [9.17, 15) is 0 Å². The van der Waals surface area contributed by atoms with Crippen molar-refractivity contribution in [2.75, 3.05) is 0 Å². The molecule has 0 aliphatic heterocycles. The van der Waals surface area contributed by atoms with E-state index in [1.807, 2.05) is 30.3 Å². The molecule has 0 heterocycles. The van der Waals surface area contributed by atoms with Gasteiger partial charge in [-0.15, -0.1) is 0 Å². The minimum atomic E-state index is 0. The van der Waals surface area contributed by atoms with E-state index in [4.69, 9.17) is 0 Å². The number of rotatable bonds is 0. The van der Waals surface area contributed by atoms with E-state index in [0.717, 1.165) is 0 Å². The number of hydrogen-bond acceptors (Lipinski definition) is 0. The molecule has 1 rings (SSSR count). The molecule has 0 aromatic heterocycles. The van der Waals surface area contributed by atoms with E-state index in [1.165, 1.54) is 0 Å². The molecule has 0 saturated carbocycles. The summed E-state index contributed by atoms with van der Waals surface area (Å²) < 4.78 is 0. The summed E-state index contributed by atoms with van der Waals surface area (Å²) in [5, 5.41) is 0. The first kappa shape index (κ1) is 15.7. The third kappa shape index (κ3) is 5.86. The van der Waals surface area contributed by atoms with Crippen LogP contribution in [0.15, 0.2) is 30.3 Å². The van der Waals surface area contributed by atoms with Crippen molar-refractivity contribution in [3.8, 4) is 0 Å². The normalized spacial score (nSPS) is 5.00. The van der Waals surface area contributed by atoms with Crippen molar-refractivity contribution >= 4 is 0 Å². The molecule has 48 valence electrons. The molecular formula is C7H11Co. The molecule has 8 heavy (non-hydrogen) atoms. The zero-order chi connectivity index (χ0) is 3.54. The van der Waals surface area contributed by atoms with Gasteiger partial charge in [-0.1, -0.05) is 0 Å². The maximum Gasteiger partial charge on any atom is 3.00 e. The van der Waals surface area contributed by atoms with Gasteiger partial charge in [0, 0.05) is 0 Å². The summed E-state index contributed by atoms with van der Waals surface area (Å²) in [6, 6.07) is 10.0. The van der Waals surface area contributed by atoms with Crippen LogP contribution in [0.4, 0.5) is 0 Å². The van der Waals surface area contributed by atoms with E-state index in [1.54, 1.807) is 0 Å². The summed E-state index contributed by atoms with van der Waals surface area (Å²) in [5.41, 5.74) is 0. The molecule has 0 radical (unpaired) electrons. The van der Waals surface area contributed by atoms with Gasteiger partial charge in [0.05, 0.1) is 0 Å². The third-order valence-electron chi connectivity index (χ3n) is 0.556. The maximum absolute atomic E-state index is 2.00. The minimum absolute atomic E-state index is 0. The van der Waals surface area contributed by atoms with Gasteiger partial charge >= 0.3 is 16.8 Å². The molecule has 1 heteroatoms. The Kier molecular flexibility index (Phi) is 19.5. The van der Waals surface area contributed by atoms with Crippen LogP contribution in [0, 0.1) is 14.9 Å². The Hall–Kier alpha value is -0.144. The second-order valence-corrected chi connectivity index (χ2v) is 0.962. The van der Waals surface area contributed by atoms with Gasteiger partial charge < -0.3 is 14.9 Å². The fourth-order valence-electron chi connectivity index (χ4n) is 0.321.